The first-order chi connectivity index (χ1) is 11.1. The van der Waals surface area contributed by atoms with Crippen LogP contribution >= 0.6 is 0 Å². The highest BCUT2D eigenvalue weighted by atomic mass is 15.1. The van der Waals surface area contributed by atoms with Crippen LogP contribution < -0.4 is 5.73 Å². The number of aromatic nitrogens is 2. The molecule has 2 aromatic carbocycles. The Balaban J connectivity index is 2.14. The van der Waals surface area contributed by atoms with Gasteiger partial charge in [0.15, 0.2) is 0 Å². The van der Waals surface area contributed by atoms with E-state index >= 15 is 0 Å². The molecule has 0 radical (unpaired) electrons. The Bertz CT molecular complexity index is 813. The number of nitrogens with zero attached hydrogens (tertiary/aromatic N) is 2. The molecule has 120 valence electrons. The van der Waals surface area contributed by atoms with Crippen molar-refractivity contribution in [1.29, 1.82) is 0 Å². The van der Waals surface area contributed by atoms with E-state index in [2.05, 4.69) is 49.6 Å². The van der Waals surface area contributed by atoms with E-state index in [9.17, 15) is 0 Å². The predicted molar refractivity (Wildman–Crippen MR) is 98.6 cm³/mol. The van der Waals surface area contributed by atoms with Crippen molar-refractivity contribution in [3.8, 4) is 11.4 Å². The fraction of sp³-hybridized carbons (Fsp3) is 0.350. The number of unbranched alkanes of at least 4 members (excludes halogenated alkanes) is 2. The summed E-state index contributed by atoms with van der Waals surface area (Å²) in [5, 5.41) is 0. The van der Waals surface area contributed by atoms with Crippen molar-refractivity contribution < 1.29 is 0 Å². The third-order valence-electron chi connectivity index (χ3n) is 4.52. The van der Waals surface area contributed by atoms with Crippen molar-refractivity contribution in [2.45, 2.75) is 46.6 Å². The van der Waals surface area contributed by atoms with Crippen LogP contribution in [0.25, 0.3) is 22.4 Å². The largest absolute Gasteiger partial charge is 0.399 e. The zero-order valence-electron chi connectivity index (χ0n) is 14.3. The second-order valence-corrected chi connectivity index (χ2v) is 6.34. The topological polar surface area (TPSA) is 43.8 Å². The Labute approximate surface area is 138 Å². The Kier molecular flexibility index (Phi) is 4.37. The minimum atomic E-state index is 0.786. The lowest BCUT2D eigenvalue weighted by molar-refractivity contribution is 0.617. The maximum atomic E-state index is 5.83. The number of aryl methyl sites for hydroxylation is 3. The first kappa shape index (κ1) is 15.6. The molecule has 0 atom stereocenters. The molecular weight excluding hydrogens is 282 g/mol. The molecule has 3 heteroatoms. The number of hydrogen-bond donors (Lipinski definition) is 1. The molecular formula is C20H25N3. The van der Waals surface area contributed by atoms with Crippen molar-refractivity contribution in [3.05, 3.63) is 47.5 Å². The van der Waals surface area contributed by atoms with Gasteiger partial charge in [-0.2, -0.15) is 0 Å². The van der Waals surface area contributed by atoms with Gasteiger partial charge in [-0.05, 0) is 67.8 Å². The van der Waals surface area contributed by atoms with E-state index in [1.807, 2.05) is 12.1 Å². The minimum absolute atomic E-state index is 0.786. The number of anilines is 1. The lowest BCUT2D eigenvalue weighted by atomic mass is 10.1. The molecule has 0 unspecified atom stereocenters. The monoisotopic (exact) mass is 307 g/mol. The Morgan fingerprint density at radius 3 is 2.39 bits per heavy atom. The summed E-state index contributed by atoms with van der Waals surface area (Å²) in [6.45, 7) is 7.56. The third-order valence-corrected chi connectivity index (χ3v) is 4.52. The maximum Gasteiger partial charge on any atom is 0.141 e. The van der Waals surface area contributed by atoms with Gasteiger partial charge in [0, 0.05) is 17.8 Å². The maximum absolute atomic E-state index is 5.83. The second kappa shape index (κ2) is 6.45. The first-order valence-corrected chi connectivity index (χ1v) is 8.43. The van der Waals surface area contributed by atoms with E-state index < -0.39 is 0 Å². The molecule has 3 nitrogen and oxygen atoms in total. The lowest BCUT2D eigenvalue weighted by Gasteiger charge is -2.10. The number of imidazole rings is 1. The van der Waals surface area contributed by atoms with Crippen LogP contribution in [-0.4, -0.2) is 9.55 Å². The second-order valence-electron chi connectivity index (χ2n) is 6.34. The van der Waals surface area contributed by atoms with Crippen molar-refractivity contribution in [2.24, 2.45) is 0 Å². The standard InChI is InChI=1S/C20H25N3/c1-4-5-6-11-23-19-13-15(3)14(2)12-18(19)22-20(23)16-7-9-17(21)10-8-16/h7-10,12-13H,4-6,11,21H2,1-3H3. The lowest BCUT2D eigenvalue weighted by Crippen LogP contribution is -2.01. The highest BCUT2D eigenvalue weighted by molar-refractivity contribution is 5.82. The van der Waals surface area contributed by atoms with Crippen molar-refractivity contribution >= 4 is 16.7 Å². The van der Waals surface area contributed by atoms with Gasteiger partial charge in [-0.25, -0.2) is 4.98 Å². The zero-order valence-corrected chi connectivity index (χ0v) is 14.3. The Morgan fingerprint density at radius 2 is 1.70 bits per heavy atom. The van der Waals surface area contributed by atoms with E-state index in [1.54, 1.807) is 0 Å². The van der Waals surface area contributed by atoms with E-state index in [4.69, 9.17) is 10.7 Å². The van der Waals surface area contributed by atoms with Crippen LogP contribution in [0.3, 0.4) is 0 Å². The van der Waals surface area contributed by atoms with Crippen LogP contribution in [0.15, 0.2) is 36.4 Å². The molecule has 0 saturated heterocycles. The van der Waals surface area contributed by atoms with Crippen LogP contribution in [0, 0.1) is 13.8 Å². The molecule has 0 bridgehead atoms. The third kappa shape index (κ3) is 3.09. The van der Waals surface area contributed by atoms with Crippen LogP contribution in [0.4, 0.5) is 5.69 Å². The predicted octanol–water partition coefficient (Wildman–Crippen LogP) is 5.09. The van der Waals surface area contributed by atoms with Crippen LogP contribution in [0.1, 0.15) is 37.3 Å². The smallest absolute Gasteiger partial charge is 0.141 e. The van der Waals surface area contributed by atoms with Gasteiger partial charge in [0.05, 0.1) is 11.0 Å². The average molecular weight is 307 g/mol. The van der Waals surface area contributed by atoms with Gasteiger partial charge in [0.25, 0.3) is 0 Å². The molecule has 0 aliphatic rings. The van der Waals surface area contributed by atoms with Gasteiger partial charge in [-0.3, -0.25) is 0 Å². The molecule has 0 saturated carbocycles. The summed E-state index contributed by atoms with van der Waals surface area (Å²) >= 11 is 0. The number of fused-ring (bicyclic) bond motifs is 1. The summed E-state index contributed by atoms with van der Waals surface area (Å²) in [5.41, 5.74) is 12.7. The van der Waals surface area contributed by atoms with E-state index in [-0.39, 0.29) is 0 Å². The van der Waals surface area contributed by atoms with E-state index in [0.717, 1.165) is 29.1 Å². The van der Waals surface area contributed by atoms with Gasteiger partial charge < -0.3 is 10.3 Å². The molecule has 3 aromatic rings. The van der Waals surface area contributed by atoms with Gasteiger partial charge in [-0.15, -0.1) is 0 Å². The normalized spacial score (nSPS) is 11.3. The molecule has 0 spiro atoms. The van der Waals surface area contributed by atoms with Gasteiger partial charge in [-0.1, -0.05) is 19.8 Å². The average Bonchev–Trinajstić information content (AvgIpc) is 2.87. The van der Waals surface area contributed by atoms with Crippen molar-refractivity contribution in [2.75, 3.05) is 5.73 Å². The van der Waals surface area contributed by atoms with E-state index in [0.29, 0.717) is 0 Å². The number of rotatable bonds is 5. The summed E-state index contributed by atoms with van der Waals surface area (Å²) in [7, 11) is 0. The molecule has 0 fully saturated rings. The van der Waals surface area contributed by atoms with Crippen molar-refractivity contribution in [1.82, 2.24) is 9.55 Å². The molecule has 23 heavy (non-hydrogen) atoms. The molecule has 3 rings (SSSR count). The summed E-state index contributed by atoms with van der Waals surface area (Å²) in [6, 6.07) is 12.5. The zero-order chi connectivity index (χ0) is 16.4. The minimum Gasteiger partial charge on any atom is -0.399 e. The summed E-state index contributed by atoms with van der Waals surface area (Å²) in [5.74, 6) is 1.04. The first-order valence-electron chi connectivity index (χ1n) is 8.43. The molecule has 1 heterocycles. The Hall–Kier alpha value is -2.29. The molecule has 0 amide bonds. The Morgan fingerprint density at radius 1 is 1.00 bits per heavy atom. The quantitative estimate of drug-likeness (QED) is 0.527. The summed E-state index contributed by atoms with van der Waals surface area (Å²) in [4.78, 5) is 4.92. The van der Waals surface area contributed by atoms with Gasteiger partial charge in [0.2, 0.25) is 0 Å². The van der Waals surface area contributed by atoms with Crippen LogP contribution in [-0.2, 0) is 6.54 Å². The number of hydrogen-bond acceptors (Lipinski definition) is 2. The number of nitrogen functional groups attached to an aromatic ring is 1. The van der Waals surface area contributed by atoms with Crippen LogP contribution in [0.2, 0.25) is 0 Å². The molecule has 2 N–H and O–H groups in total. The highest BCUT2D eigenvalue weighted by Gasteiger charge is 2.13. The number of benzene rings is 2. The van der Waals surface area contributed by atoms with Gasteiger partial charge in [0.1, 0.15) is 5.82 Å². The van der Waals surface area contributed by atoms with E-state index in [1.165, 1.54) is 35.9 Å². The summed E-state index contributed by atoms with van der Waals surface area (Å²) in [6.07, 6.45) is 3.64. The van der Waals surface area contributed by atoms with Crippen molar-refractivity contribution in [3.63, 3.8) is 0 Å². The molecule has 1 aromatic heterocycles. The summed E-state index contributed by atoms with van der Waals surface area (Å²) < 4.78 is 2.36. The molecule has 0 aliphatic carbocycles. The highest BCUT2D eigenvalue weighted by Crippen LogP contribution is 2.28. The van der Waals surface area contributed by atoms with Crippen LogP contribution in [0.5, 0.6) is 0 Å². The SMILES string of the molecule is CCCCCn1c(-c2ccc(N)cc2)nc2cc(C)c(C)cc21. The number of nitrogens with two attached hydrogens (primary N) is 1. The fourth-order valence-electron chi connectivity index (χ4n) is 2.98. The molecule has 0 aliphatic heterocycles. The fourth-order valence-corrected chi connectivity index (χ4v) is 2.98. The van der Waals surface area contributed by atoms with Gasteiger partial charge >= 0.3 is 0 Å².